The molecule has 0 bridgehead atoms. The molecular formula is C11H9BrN2O6. The number of hydrogen-bond acceptors (Lipinski definition) is 6. The van der Waals surface area contributed by atoms with Gasteiger partial charge in [-0.25, -0.2) is 4.79 Å². The number of aromatic nitrogens is 1. The minimum absolute atomic E-state index is 0.0559. The molecule has 0 fully saturated rings. The summed E-state index contributed by atoms with van der Waals surface area (Å²) in [6, 6.07) is 3.80. The number of nitrogens with zero attached hydrogens (tertiary/aromatic N) is 2. The molecule has 0 radical (unpaired) electrons. The van der Waals surface area contributed by atoms with Gasteiger partial charge in [0.1, 0.15) is 4.83 Å². The molecule has 1 unspecified atom stereocenters. The summed E-state index contributed by atoms with van der Waals surface area (Å²) in [4.78, 5) is 32.5. The molecule has 20 heavy (non-hydrogen) atoms. The van der Waals surface area contributed by atoms with Crippen molar-refractivity contribution in [3.05, 3.63) is 38.9 Å². The molecule has 0 spiro atoms. The van der Waals surface area contributed by atoms with E-state index in [4.69, 9.17) is 4.42 Å². The third-order valence-corrected chi connectivity index (χ3v) is 3.32. The first-order chi connectivity index (χ1) is 9.43. The van der Waals surface area contributed by atoms with Gasteiger partial charge in [-0.2, -0.15) is 0 Å². The van der Waals surface area contributed by atoms with Crippen LogP contribution in [0.1, 0.15) is 0 Å². The van der Waals surface area contributed by atoms with E-state index in [0.29, 0.717) is 0 Å². The summed E-state index contributed by atoms with van der Waals surface area (Å²) in [5.41, 5.74) is 0.291. The molecule has 0 N–H and O–H groups in total. The monoisotopic (exact) mass is 344 g/mol. The van der Waals surface area contributed by atoms with E-state index in [-0.39, 0.29) is 23.3 Å². The zero-order chi connectivity index (χ0) is 14.9. The zero-order valence-corrected chi connectivity index (χ0v) is 11.8. The van der Waals surface area contributed by atoms with Crippen LogP contribution in [0, 0.1) is 10.1 Å². The number of oxazole rings is 1. The van der Waals surface area contributed by atoms with E-state index in [0.717, 1.165) is 4.57 Å². The van der Waals surface area contributed by atoms with E-state index in [9.17, 15) is 19.7 Å². The van der Waals surface area contributed by atoms with E-state index in [1.54, 1.807) is 0 Å². The van der Waals surface area contributed by atoms with Crippen LogP contribution in [-0.2, 0) is 16.1 Å². The Bertz CT molecular complexity index is 734. The quantitative estimate of drug-likeness (QED) is 0.359. The van der Waals surface area contributed by atoms with Gasteiger partial charge in [0.05, 0.1) is 24.1 Å². The van der Waals surface area contributed by atoms with Gasteiger partial charge in [0.2, 0.25) is 0 Å². The summed E-state index contributed by atoms with van der Waals surface area (Å²) in [5, 5.41) is 10.7. The number of non-ortho nitro benzene ring substituents is 1. The summed E-state index contributed by atoms with van der Waals surface area (Å²) >= 11 is 3.08. The predicted molar refractivity (Wildman–Crippen MR) is 71.9 cm³/mol. The van der Waals surface area contributed by atoms with Crippen molar-refractivity contribution in [3.63, 3.8) is 0 Å². The van der Waals surface area contributed by atoms with Crippen LogP contribution in [0.2, 0.25) is 0 Å². The second-order valence-electron chi connectivity index (χ2n) is 3.88. The van der Waals surface area contributed by atoms with Gasteiger partial charge < -0.3 is 9.15 Å². The second kappa shape index (κ2) is 5.45. The van der Waals surface area contributed by atoms with Crippen molar-refractivity contribution < 1.29 is 18.9 Å². The van der Waals surface area contributed by atoms with E-state index in [1.807, 2.05) is 0 Å². The fourth-order valence-electron chi connectivity index (χ4n) is 1.70. The highest BCUT2D eigenvalue weighted by Gasteiger charge is 2.21. The number of esters is 1. The van der Waals surface area contributed by atoms with Gasteiger partial charge in [-0.3, -0.25) is 19.5 Å². The summed E-state index contributed by atoms with van der Waals surface area (Å²) in [6.45, 7) is -0.0559. The number of halogens is 1. The number of hydrogen-bond donors (Lipinski definition) is 0. The molecule has 0 saturated heterocycles. The second-order valence-corrected chi connectivity index (χ2v) is 4.98. The van der Waals surface area contributed by atoms with Gasteiger partial charge in [0, 0.05) is 12.1 Å². The molecular weight excluding hydrogens is 336 g/mol. The number of carbonyl (C=O) groups excluding carboxylic acids is 1. The van der Waals surface area contributed by atoms with E-state index in [2.05, 4.69) is 20.7 Å². The minimum Gasteiger partial charge on any atom is -0.468 e. The number of methoxy groups -OCH3 is 1. The molecule has 0 aliphatic rings. The zero-order valence-electron chi connectivity index (χ0n) is 10.2. The van der Waals surface area contributed by atoms with Gasteiger partial charge in [0.15, 0.2) is 5.58 Å². The van der Waals surface area contributed by atoms with Crippen molar-refractivity contribution in [2.45, 2.75) is 11.4 Å². The fraction of sp³-hybridized carbons (Fsp3) is 0.273. The molecule has 1 atom stereocenters. The van der Waals surface area contributed by atoms with Crippen LogP contribution >= 0.6 is 15.9 Å². The Morgan fingerprint density at radius 1 is 1.60 bits per heavy atom. The SMILES string of the molecule is COC(=O)C(Br)Cn1c(=O)oc2ccc([N+](=O)[O-])cc21. The molecule has 0 saturated carbocycles. The van der Waals surface area contributed by atoms with Crippen molar-refractivity contribution >= 4 is 38.7 Å². The Hall–Kier alpha value is -2.16. The Balaban J connectivity index is 2.49. The molecule has 2 rings (SSSR count). The number of benzene rings is 1. The maximum absolute atomic E-state index is 11.7. The number of nitro groups is 1. The molecule has 8 nitrogen and oxygen atoms in total. The molecule has 0 amide bonds. The molecule has 2 aromatic rings. The highest BCUT2D eigenvalue weighted by molar-refractivity contribution is 9.10. The topological polar surface area (TPSA) is 105 Å². The Labute approximate surface area is 120 Å². The van der Waals surface area contributed by atoms with Crippen LogP contribution in [0.5, 0.6) is 0 Å². The van der Waals surface area contributed by atoms with Gasteiger partial charge >= 0.3 is 11.7 Å². The number of rotatable bonds is 4. The summed E-state index contributed by atoms with van der Waals surface area (Å²) in [7, 11) is 1.22. The predicted octanol–water partition coefficient (Wildman–Crippen LogP) is 1.44. The van der Waals surface area contributed by atoms with Crippen molar-refractivity contribution in [3.8, 4) is 0 Å². The molecule has 0 aliphatic carbocycles. The Kier molecular flexibility index (Phi) is 3.89. The highest BCUT2D eigenvalue weighted by Crippen LogP contribution is 2.21. The molecule has 9 heteroatoms. The standard InChI is InChI=1S/C11H9BrN2O6/c1-19-10(15)7(12)5-13-8-4-6(14(17)18)2-3-9(8)20-11(13)16/h2-4,7H,5H2,1H3. The summed E-state index contributed by atoms with van der Waals surface area (Å²) in [5.74, 6) is -1.26. The van der Waals surface area contributed by atoms with Crippen LogP contribution in [0.15, 0.2) is 27.4 Å². The van der Waals surface area contributed by atoms with Crippen LogP contribution in [-0.4, -0.2) is 27.4 Å². The van der Waals surface area contributed by atoms with Gasteiger partial charge in [-0.15, -0.1) is 0 Å². The number of ether oxygens (including phenoxy) is 1. The number of nitro benzene ring substituents is 1. The molecule has 1 aromatic carbocycles. The van der Waals surface area contributed by atoms with Crippen molar-refractivity contribution in [2.24, 2.45) is 0 Å². The Morgan fingerprint density at radius 2 is 2.30 bits per heavy atom. The third-order valence-electron chi connectivity index (χ3n) is 2.66. The largest absolute Gasteiger partial charge is 0.468 e. The maximum atomic E-state index is 11.7. The highest BCUT2D eigenvalue weighted by atomic mass is 79.9. The first kappa shape index (κ1) is 14.3. The normalized spacial score (nSPS) is 12.3. The average Bonchev–Trinajstić information content (AvgIpc) is 2.73. The Morgan fingerprint density at radius 3 is 2.90 bits per heavy atom. The smallest absolute Gasteiger partial charge is 0.420 e. The lowest BCUT2D eigenvalue weighted by Crippen LogP contribution is -2.26. The number of alkyl halides is 1. The lowest BCUT2D eigenvalue weighted by Gasteiger charge is -2.07. The minimum atomic E-state index is -0.759. The number of fused-ring (bicyclic) bond motifs is 1. The van der Waals surface area contributed by atoms with Gasteiger partial charge in [0.25, 0.3) is 5.69 Å². The average molecular weight is 345 g/mol. The van der Waals surface area contributed by atoms with Crippen molar-refractivity contribution in [1.82, 2.24) is 4.57 Å². The fourth-order valence-corrected chi connectivity index (χ4v) is 2.18. The van der Waals surface area contributed by atoms with E-state index in [1.165, 1.54) is 25.3 Å². The van der Waals surface area contributed by atoms with Gasteiger partial charge in [-0.1, -0.05) is 15.9 Å². The van der Waals surface area contributed by atoms with Crippen LogP contribution in [0.25, 0.3) is 11.1 Å². The third kappa shape index (κ3) is 2.57. The molecule has 1 heterocycles. The first-order valence-corrected chi connectivity index (χ1v) is 6.35. The number of carbonyl (C=O) groups is 1. The summed E-state index contributed by atoms with van der Waals surface area (Å²) in [6.07, 6.45) is 0. The van der Waals surface area contributed by atoms with Crippen LogP contribution in [0.3, 0.4) is 0 Å². The van der Waals surface area contributed by atoms with Crippen LogP contribution < -0.4 is 5.76 Å². The van der Waals surface area contributed by atoms with E-state index < -0.39 is 21.5 Å². The first-order valence-electron chi connectivity index (χ1n) is 5.43. The molecule has 106 valence electrons. The summed E-state index contributed by atoms with van der Waals surface area (Å²) < 4.78 is 10.6. The van der Waals surface area contributed by atoms with E-state index >= 15 is 0 Å². The molecule has 1 aromatic heterocycles. The molecule has 0 aliphatic heterocycles. The maximum Gasteiger partial charge on any atom is 0.420 e. The lowest BCUT2D eigenvalue weighted by atomic mass is 10.3. The van der Waals surface area contributed by atoms with Crippen LogP contribution in [0.4, 0.5) is 5.69 Å². The van der Waals surface area contributed by atoms with Crippen molar-refractivity contribution in [1.29, 1.82) is 0 Å². The van der Waals surface area contributed by atoms with Crippen molar-refractivity contribution in [2.75, 3.05) is 7.11 Å². The van der Waals surface area contributed by atoms with Gasteiger partial charge in [-0.05, 0) is 6.07 Å². The lowest BCUT2D eigenvalue weighted by molar-refractivity contribution is -0.384.